The number of hydrogen-bond acceptors (Lipinski definition) is 4. The first kappa shape index (κ1) is 26.1. The summed E-state index contributed by atoms with van der Waals surface area (Å²) >= 11 is 0. The first-order chi connectivity index (χ1) is 15.6. The van der Waals surface area contributed by atoms with Gasteiger partial charge in [-0.25, -0.2) is 9.59 Å². The van der Waals surface area contributed by atoms with Gasteiger partial charge in [-0.05, 0) is 54.4 Å². The molecule has 4 nitrogen and oxygen atoms in total. The van der Waals surface area contributed by atoms with Crippen LogP contribution in [0.4, 0.5) is 0 Å². The summed E-state index contributed by atoms with van der Waals surface area (Å²) in [6.07, 6.45) is 3.20. The maximum atomic E-state index is 12.1. The van der Waals surface area contributed by atoms with Crippen molar-refractivity contribution in [2.45, 2.75) is 72.6 Å². The Hall–Kier alpha value is -3.14. The number of carbonyl (C=O) groups excluding carboxylic acids is 2. The molecule has 0 fully saturated rings. The molecule has 0 bridgehead atoms. The van der Waals surface area contributed by atoms with Crippen LogP contribution < -0.4 is 9.47 Å². The van der Waals surface area contributed by atoms with Crippen LogP contribution in [0.15, 0.2) is 49.6 Å². The zero-order valence-corrected chi connectivity index (χ0v) is 21.0. The van der Waals surface area contributed by atoms with Crippen molar-refractivity contribution in [3.05, 3.63) is 83.0 Å². The Labute approximate surface area is 198 Å². The van der Waals surface area contributed by atoms with Gasteiger partial charge in [0.05, 0.1) is 0 Å². The Balaban J connectivity index is 2.83. The van der Waals surface area contributed by atoms with E-state index in [4.69, 9.17) is 9.47 Å². The molecular formula is C29H36O4. The third-order valence-corrected chi connectivity index (χ3v) is 5.91. The second-order valence-corrected chi connectivity index (χ2v) is 8.95. The standard InChI is InChI=1S/C29H36O4/c1-10-21(22-15-13-19(8)28(26(22)17(4)5)32-24(30)11-2)23-16-14-20(9)29(27(23)18(6)7)33-25(31)12-3/h11-18,21H,2-3,10H2,1,4-9H3. The van der Waals surface area contributed by atoms with Crippen molar-refractivity contribution in [1.82, 2.24) is 0 Å². The zero-order valence-electron chi connectivity index (χ0n) is 21.0. The summed E-state index contributed by atoms with van der Waals surface area (Å²) in [5, 5.41) is 0. The van der Waals surface area contributed by atoms with E-state index in [1.807, 2.05) is 26.0 Å². The smallest absolute Gasteiger partial charge is 0.335 e. The molecular weight excluding hydrogens is 412 g/mol. The van der Waals surface area contributed by atoms with Crippen LogP contribution in [0.25, 0.3) is 0 Å². The minimum Gasteiger partial charge on any atom is -0.423 e. The molecule has 0 spiro atoms. The second-order valence-electron chi connectivity index (χ2n) is 8.95. The van der Waals surface area contributed by atoms with Gasteiger partial charge in [0.15, 0.2) is 0 Å². The number of esters is 2. The first-order valence-corrected chi connectivity index (χ1v) is 11.5. The lowest BCUT2D eigenvalue weighted by Gasteiger charge is -2.28. The molecule has 2 aromatic carbocycles. The van der Waals surface area contributed by atoms with Gasteiger partial charge >= 0.3 is 11.9 Å². The van der Waals surface area contributed by atoms with Crippen molar-refractivity contribution >= 4 is 11.9 Å². The topological polar surface area (TPSA) is 52.6 Å². The highest BCUT2D eigenvalue weighted by Crippen LogP contribution is 2.44. The summed E-state index contributed by atoms with van der Waals surface area (Å²) in [4.78, 5) is 24.2. The monoisotopic (exact) mass is 448 g/mol. The van der Waals surface area contributed by atoms with Crippen molar-refractivity contribution in [2.75, 3.05) is 0 Å². The second kappa shape index (κ2) is 11.1. The molecule has 0 atom stereocenters. The van der Waals surface area contributed by atoms with Crippen LogP contribution in [0.2, 0.25) is 0 Å². The third kappa shape index (κ3) is 5.62. The highest BCUT2D eigenvalue weighted by atomic mass is 16.5. The number of carbonyl (C=O) groups is 2. The molecule has 0 radical (unpaired) electrons. The fraction of sp³-hybridized carbons (Fsp3) is 0.379. The van der Waals surface area contributed by atoms with E-state index in [9.17, 15) is 9.59 Å². The van der Waals surface area contributed by atoms with Crippen molar-refractivity contribution in [2.24, 2.45) is 0 Å². The SMILES string of the molecule is C=CC(=O)Oc1c(C)ccc(C(CC)c2ccc(C)c(OC(=O)C=C)c2C(C)C)c1C(C)C. The highest BCUT2D eigenvalue weighted by molar-refractivity contribution is 5.84. The molecule has 4 heteroatoms. The van der Waals surface area contributed by atoms with E-state index in [-0.39, 0.29) is 17.8 Å². The highest BCUT2D eigenvalue weighted by Gasteiger charge is 2.27. The van der Waals surface area contributed by atoms with Crippen LogP contribution in [-0.2, 0) is 9.59 Å². The predicted octanol–water partition coefficient (Wildman–Crippen LogP) is 7.27. The molecule has 0 aliphatic rings. The molecule has 0 saturated carbocycles. The van der Waals surface area contributed by atoms with Gasteiger partial charge in [0, 0.05) is 29.2 Å². The summed E-state index contributed by atoms with van der Waals surface area (Å²) in [6, 6.07) is 8.25. The van der Waals surface area contributed by atoms with E-state index in [0.717, 1.165) is 39.8 Å². The average molecular weight is 449 g/mol. The molecule has 33 heavy (non-hydrogen) atoms. The summed E-state index contributed by atoms with van der Waals surface area (Å²) in [6.45, 7) is 21.5. The van der Waals surface area contributed by atoms with Gasteiger partial charge in [-0.2, -0.15) is 0 Å². The average Bonchev–Trinajstić information content (AvgIpc) is 2.77. The molecule has 0 aliphatic carbocycles. The maximum absolute atomic E-state index is 12.1. The molecule has 0 saturated heterocycles. The van der Waals surface area contributed by atoms with Crippen LogP contribution in [0.5, 0.6) is 11.5 Å². The largest absolute Gasteiger partial charge is 0.423 e. The molecule has 2 rings (SSSR count). The van der Waals surface area contributed by atoms with Gasteiger partial charge in [-0.1, -0.05) is 72.0 Å². The number of aryl methyl sites for hydroxylation is 2. The number of ether oxygens (including phenoxy) is 2. The summed E-state index contributed by atoms with van der Waals surface area (Å²) < 4.78 is 11.4. The van der Waals surface area contributed by atoms with E-state index in [1.165, 1.54) is 12.2 Å². The molecule has 0 amide bonds. The van der Waals surface area contributed by atoms with E-state index >= 15 is 0 Å². The van der Waals surface area contributed by atoms with Crippen LogP contribution in [0, 0.1) is 13.8 Å². The van der Waals surface area contributed by atoms with Gasteiger partial charge in [0.2, 0.25) is 0 Å². The number of hydrogen-bond donors (Lipinski definition) is 0. The molecule has 0 aliphatic heterocycles. The van der Waals surface area contributed by atoms with E-state index < -0.39 is 11.9 Å². The normalized spacial score (nSPS) is 11.1. The Bertz CT molecular complexity index is 976. The Morgan fingerprint density at radius 3 is 1.42 bits per heavy atom. The van der Waals surface area contributed by atoms with Crippen LogP contribution in [0.3, 0.4) is 0 Å². The van der Waals surface area contributed by atoms with Crippen molar-refractivity contribution in [3.8, 4) is 11.5 Å². The summed E-state index contributed by atoms with van der Waals surface area (Å²) in [7, 11) is 0. The summed E-state index contributed by atoms with van der Waals surface area (Å²) in [5.41, 5.74) is 6.05. The van der Waals surface area contributed by atoms with Gasteiger partial charge in [-0.3, -0.25) is 0 Å². The molecule has 0 aromatic heterocycles. The minimum atomic E-state index is -0.470. The van der Waals surface area contributed by atoms with Gasteiger partial charge in [-0.15, -0.1) is 0 Å². The number of rotatable bonds is 9. The summed E-state index contributed by atoms with van der Waals surface area (Å²) in [5.74, 6) is 0.553. The lowest BCUT2D eigenvalue weighted by Crippen LogP contribution is -2.15. The molecule has 0 unspecified atom stereocenters. The Morgan fingerprint density at radius 1 is 0.788 bits per heavy atom. The molecule has 2 aromatic rings. The van der Waals surface area contributed by atoms with Gasteiger partial charge in [0.25, 0.3) is 0 Å². The molecule has 0 heterocycles. The van der Waals surface area contributed by atoms with Crippen LogP contribution >= 0.6 is 0 Å². The number of benzene rings is 2. The molecule has 0 N–H and O–H groups in total. The maximum Gasteiger partial charge on any atom is 0.335 e. The van der Waals surface area contributed by atoms with Crippen molar-refractivity contribution in [1.29, 1.82) is 0 Å². The molecule has 176 valence electrons. The fourth-order valence-corrected chi connectivity index (χ4v) is 4.41. The van der Waals surface area contributed by atoms with E-state index in [1.54, 1.807) is 0 Å². The van der Waals surface area contributed by atoms with Gasteiger partial charge < -0.3 is 9.47 Å². The van der Waals surface area contributed by atoms with Crippen molar-refractivity contribution in [3.63, 3.8) is 0 Å². The first-order valence-electron chi connectivity index (χ1n) is 11.5. The third-order valence-electron chi connectivity index (χ3n) is 5.91. The predicted molar refractivity (Wildman–Crippen MR) is 134 cm³/mol. The lowest BCUT2D eigenvalue weighted by atomic mass is 9.78. The quantitative estimate of drug-likeness (QED) is 0.230. The lowest BCUT2D eigenvalue weighted by molar-refractivity contribution is -0.129. The van der Waals surface area contributed by atoms with Gasteiger partial charge in [0.1, 0.15) is 11.5 Å². The van der Waals surface area contributed by atoms with Crippen LogP contribution in [0.1, 0.15) is 92.2 Å². The van der Waals surface area contributed by atoms with Crippen LogP contribution in [-0.4, -0.2) is 11.9 Å². The van der Waals surface area contributed by atoms with E-state index in [0.29, 0.717) is 11.5 Å². The van der Waals surface area contributed by atoms with E-state index in [2.05, 4.69) is 59.9 Å². The zero-order chi connectivity index (χ0) is 24.9. The Morgan fingerprint density at radius 2 is 1.15 bits per heavy atom. The van der Waals surface area contributed by atoms with Crippen molar-refractivity contribution < 1.29 is 19.1 Å². The Kier molecular flexibility index (Phi) is 8.81. The fourth-order valence-electron chi connectivity index (χ4n) is 4.41. The minimum absolute atomic E-state index is 0.0309.